The van der Waals surface area contributed by atoms with Gasteiger partial charge in [-0.05, 0) is 43.5 Å². The number of ether oxygens (including phenoxy) is 1. The van der Waals surface area contributed by atoms with Crippen LogP contribution in [0.3, 0.4) is 0 Å². The second kappa shape index (κ2) is 7.77. The van der Waals surface area contributed by atoms with E-state index in [-0.39, 0.29) is 24.2 Å². The summed E-state index contributed by atoms with van der Waals surface area (Å²) in [5.74, 6) is -0.269. The Hall–Kier alpha value is -2.64. The summed E-state index contributed by atoms with van der Waals surface area (Å²) in [6.07, 6.45) is 4.47. The zero-order valence-corrected chi connectivity index (χ0v) is 16.3. The molecule has 1 fully saturated rings. The maximum Gasteiger partial charge on any atom is 0.253 e. The van der Waals surface area contributed by atoms with Gasteiger partial charge in [-0.15, -0.1) is 0 Å². The summed E-state index contributed by atoms with van der Waals surface area (Å²) < 4.78 is 9.14. The molecule has 4 rings (SSSR count). The second-order valence-electron chi connectivity index (χ2n) is 6.92. The largest absolute Gasteiger partial charge is 0.356 e. The van der Waals surface area contributed by atoms with Crippen molar-refractivity contribution in [3.63, 3.8) is 0 Å². The molecule has 1 amide bonds. The zero-order chi connectivity index (χ0) is 19.7. The topological polar surface area (TPSA) is 78.2 Å². The molecular weight excluding hydrogens is 380 g/mol. The number of benzene rings is 1. The summed E-state index contributed by atoms with van der Waals surface area (Å²) in [6, 6.07) is 8.51. The van der Waals surface area contributed by atoms with Crippen LogP contribution in [-0.2, 0) is 18.3 Å². The van der Waals surface area contributed by atoms with E-state index < -0.39 is 0 Å². The number of pyridine rings is 1. The number of amides is 1. The van der Waals surface area contributed by atoms with Crippen LogP contribution in [0.4, 0.5) is 0 Å². The van der Waals surface area contributed by atoms with Crippen molar-refractivity contribution in [1.29, 1.82) is 0 Å². The molecule has 7 nitrogen and oxygen atoms in total. The lowest BCUT2D eigenvalue weighted by Crippen LogP contribution is -2.26. The van der Waals surface area contributed by atoms with Gasteiger partial charge in [0.15, 0.2) is 6.23 Å². The number of fused-ring (bicyclic) bond motifs is 1. The lowest BCUT2D eigenvalue weighted by atomic mass is 10.1. The smallest absolute Gasteiger partial charge is 0.253 e. The fraction of sp³-hybridized carbons (Fsp3) is 0.350. The van der Waals surface area contributed by atoms with Crippen molar-refractivity contribution in [2.24, 2.45) is 7.05 Å². The lowest BCUT2D eigenvalue weighted by molar-refractivity contribution is -0.0369. The first-order chi connectivity index (χ1) is 13.5. The van der Waals surface area contributed by atoms with Gasteiger partial charge in [-0.1, -0.05) is 11.6 Å². The summed E-state index contributed by atoms with van der Waals surface area (Å²) in [6.45, 7) is 0.969. The summed E-state index contributed by atoms with van der Waals surface area (Å²) >= 11 is 6.19. The Morgan fingerprint density at radius 3 is 2.93 bits per heavy atom. The maximum atomic E-state index is 12.5. The molecule has 1 aromatic carbocycles. The predicted octanol–water partition coefficient (Wildman–Crippen LogP) is 3.02. The fourth-order valence-electron chi connectivity index (χ4n) is 3.44. The standard InChI is InChI=1S/C20H21ClN4O3/c1-24-12-13(5-8-18(24)26)20(27)22-11-16-15-10-14(21)6-7-17(15)25(23-16)19-4-2-3-9-28-19/h5-8,10,12,19H,2-4,9,11H2,1H3,(H,22,27). The molecule has 2 aromatic heterocycles. The molecule has 1 aliphatic heterocycles. The molecule has 0 spiro atoms. The number of nitrogens with zero attached hydrogens (tertiary/aromatic N) is 3. The van der Waals surface area contributed by atoms with Gasteiger partial charge >= 0.3 is 0 Å². The number of aryl methyl sites for hydroxylation is 1. The van der Waals surface area contributed by atoms with Crippen LogP contribution in [0, 0.1) is 0 Å². The second-order valence-corrected chi connectivity index (χ2v) is 7.36. The minimum Gasteiger partial charge on any atom is -0.356 e. The Labute approximate surface area is 166 Å². The van der Waals surface area contributed by atoms with Crippen LogP contribution in [0.25, 0.3) is 10.9 Å². The van der Waals surface area contributed by atoms with Gasteiger partial charge in [0.25, 0.3) is 5.91 Å². The van der Waals surface area contributed by atoms with Gasteiger partial charge < -0.3 is 14.6 Å². The molecule has 0 saturated carbocycles. The highest BCUT2D eigenvalue weighted by atomic mass is 35.5. The zero-order valence-electron chi connectivity index (χ0n) is 15.5. The van der Waals surface area contributed by atoms with E-state index in [0.717, 1.165) is 42.5 Å². The van der Waals surface area contributed by atoms with E-state index >= 15 is 0 Å². The number of halogens is 1. The first-order valence-corrected chi connectivity index (χ1v) is 9.64. The van der Waals surface area contributed by atoms with Gasteiger partial charge in [0.05, 0.1) is 23.3 Å². The SMILES string of the molecule is Cn1cc(C(=O)NCc2nn(C3CCCCO3)c3ccc(Cl)cc23)ccc1=O. The molecule has 0 bridgehead atoms. The highest BCUT2D eigenvalue weighted by molar-refractivity contribution is 6.31. The van der Waals surface area contributed by atoms with Crippen molar-refractivity contribution in [3.8, 4) is 0 Å². The summed E-state index contributed by atoms with van der Waals surface area (Å²) in [7, 11) is 1.61. The Morgan fingerprint density at radius 1 is 1.32 bits per heavy atom. The normalized spacial score (nSPS) is 17.0. The van der Waals surface area contributed by atoms with Gasteiger partial charge in [-0.25, -0.2) is 4.68 Å². The minimum atomic E-state index is -0.269. The third-order valence-corrected chi connectivity index (χ3v) is 5.17. The van der Waals surface area contributed by atoms with E-state index in [9.17, 15) is 9.59 Å². The summed E-state index contributed by atoms with van der Waals surface area (Å²) in [4.78, 5) is 24.0. The van der Waals surface area contributed by atoms with Gasteiger partial charge in [-0.2, -0.15) is 5.10 Å². The van der Waals surface area contributed by atoms with Gasteiger partial charge in [0, 0.05) is 36.3 Å². The average molecular weight is 401 g/mol. The predicted molar refractivity (Wildman–Crippen MR) is 106 cm³/mol. The van der Waals surface area contributed by atoms with E-state index in [0.29, 0.717) is 10.6 Å². The highest BCUT2D eigenvalue weighted by Gasteiger charge is 2.21. The molecule has 146 valence electrons. The maximum absolute atomic E-state index is 12.5. The molecule has 28 heavy (non-hydrogen) atoms. The monoisotopic (exact) mass is 400 g/mol. The lowest BCUT2D eigenvalue weighted by Gasteiger charge is -2.23. The first kappa shape index (κ1) is 18.7. The van der Waals surface area contributed by atoms with Crippen LogP contribution in [0.2, 0.25) is 5.02 Å². The van der Waals surface area contributed by atoms with Crippen LogP contribution >= 0.6 is 11.6 Å². The Kier molecular flexibility index (Phi) is 5.19. The fourth-order valence-corrected chi connectivity index (χ4v) is 3.61. The minimum absolute atomic E-state index is 0.106. The third-order valence-electron chi connectivity index (χ3n) is 4.94. The molecule has 0 radical (unpaired) electrons. The highest BCUT2D eigenvalue weighted by Crippen LogP contribution is 2.29. The molecule has 3 aromatic rings. The van der Waals surface area contributed by atoms with Crippen LogP contribution < -0.4 is 10.9 Å². The molecule has 1 aliphatic rings. The van der Waals surface area contributed by atoms with Crippen molar-refractivity contribution < 1.29 is 9.53 Å². The van der Waals surface area contributed by atoms with Crippen LogP contribution in [-0.4, -0.2) is 26.9 Å². The average Bonchev–Trinajstić information content (AvgIpc) is 3.06. The van der Waals surface area contributed by atoms with Crippen molar-refractivity contribution in [2.45, 2.75) is 32.0 Å². The molecule has 0 aliphatic carbocycles. The quantitative estimate of drug-likeness (QED) is 0.730. The molecule has 1 saturated heterocycles. The number of aromatic nitrogens is 3. The van der Waals surface area contributed by atoms with Crippen molar-refractivity contribution in [1.82, 2.24) is 19.7 Å². The molecule has 1 N–H and O–H groups in total. The van der Waals surface area contributed by atoms with Gasteiger partial charge in [0.2, 0.25) is 5.56 Å². The van der Waals surface area contributed by atoms with Crippen molar-refractivity contribution >= 4 is 28.4 Å². The van der Waals surface area contributed by atoms with Crippen molar-refractivity contribution in [3.05, 3.63) is 63.2 Å². The van der Waals surface area contributed by atoms with E-state index in [4.69, 9.17) is 21.4 Å². The Bertz CT molecular complexity index is 1080. The van der Waals surface area contributed by atoms with E-state index in [1.165, 1.54) is 22.9 Å². The number of rotatable bonds is 4. The molecule has 3 heterocycles. The van der Waals surface area contributed by atoms with Gasteiger partial charge in [0.1, 0.15) is 0 Å². The van der Waals surface area contributed by atoms with Crippen LogP contribution in [0.5, 0.6) is 0 Å². The molecule has 1 atom stereocenters. The first-order valence-electron chi connectivity index (χ1n) is 9.26. The van der Waals surface area contributed by atoms with Crippen LogP contribution in [0.15, 0.2) is 41.3 Å². The molecule has 1 unspecified atom stereocenters. The number of hydrogen-bond acceptors (Lipinski definition) is 4. The third kappa shape index (κ3) is 3.68. The van der Waals surface area contributed by atoms with E-state index in [2.05, 4.69) is 5.32 Å². The number of nitrogens with one attached hydrogen (secondary N) is 1. The van der Waals surface area contributed by atoms with E-state index in [1.807, 2.05) is 22.9 Å². The summed E-state index contributed by atoms with van der Waals surface area (Å²) in [5, 5.41) is 9.09. The molecular formula is C20H21ClN4O3. The summed E-state index contributed by atoms with van der Waals surface area (Å²) in [5.41, 5.74) is 1.91. The number of carbonyl (C=O) groups is 1. The Morgan fingerprint density at radius 2 is 2.18 bits per heavy atom. The molecule has 8 heteroatoms. The van der Waals surface area contributed by atoms with Crippen LogP contribution in [0.1, 0.15) is 41.5 Å². The van der Waals surface area contributed by atoms with E-state index in [1.54, 1.807) is 7.05 Å². The number of hydrogen-bond donors (Lipinski definition) is 1. The van der Waals surface area contributed by atoms with Crippen molar-refractivity contribution in [2.75, 3.05) is 6.61 Å². The number of carbonyl (C=O) groups excluding carboxylic acids is 1. The van der Waals surface area contributed by atoms with Gasteiger partial charge in [-0.3, -0.25) is 9.59 Å². The Balaban J connectivity index is 1.60.